The first-order valence-electron chi connectivity index (χ1n) is 10.4. The van der Waals surface area contributed by atoms with Gasteiger partial charge < -0.3 is 10.0 Å². The molecule has 26 heavy (non-hydrogen) atoms. The monoisotopic (exact) mass is 355 g/mol. The summed E-state index contributed by atoms with van der Waals surface area (Å²) in [5.41, 5.74) is 2.66. The standard InChI is InChI=1S/C23H33NO2/c1-16(2)19-6-4-17(5-7-19)10-18-8-9-23(11-18)14-24(15-23)21(25)20-12-22(3,26)13-20/h4-7,16,18,20,26H,8-15H2,1-3H3/t18-,20?,22?/m1/s1. The van der Waals surface area contributed by atoms with Gasteiger partial charge in [-0.05, 0) is 68.4 Å². The first-order chi connectivity index (χ1) is 12.3. The van der Waals surface area contributed by atoms with Gasteiger partial charge in [-0.15, -0.1) is 0 Å². The minimum atomic E-state index is -0.605. The number of likely N-dealkylation sites (tertiary alicyclic amines) is 1. The molecule has 1 aromatic carbocycles. The number of hydrogen-bond donors (Lipinski definition) is 1. The molecule has 0 aromatic heterocycles. The van der Waals surface area contributed by atoms with Gasteiger partial charge in [0.05, 0.1) is 5.60 Å². The summed E-state index contributed by atoms with van der Waals surface area (Å²) in [5, 5.41) is 9.86. The molecule has 3 aliphatic rings. The van der Waals surface area contributed by atoms with E-state index in [1.54, 1.807) is 0 Å². The van der Waals surface area contributed by atoms with Crippen LogP contribution in [0.2, 0.25) is 0 Å². The van der Waals surface area contributed by atoms with E-state index in [0.29, 0.717) is 24.2 Å². The van der Waals surface area contributed by atoms with Crippen LogP contribution in [0.25, 0.3) is 0 Å². The number of nitrogens with zero attached hydrogens (tertiary/aromatic N) is 1. The molecule has 1 aliphatic heterocycles. The van der Waals surface area contributed by atoms with Crippen LogP contribution in [0.1, 0.15) is 69.9 Å². The predicted octanol–water partition coefficient (Wildman–Crippen LogP) is 4.14. The quantitative estimate of drug-likeness (QED) is 0.882. The van der Waals surface area contributed by atoms with Crippen LogP contribution in [0.15, 0.2) is 24.3 Å². The molecule has 3 fully saturated rings. The van der Waals surface area contributed by atoms with Crippen LogP contribution in [-0.4, -0.2) is 34.6 Å². The van der Waals surface area contributed by atoms with E-state index in [4.69, 9.17) is 0 Å². The van der Waals surface area contributed by atoms with Gasteiger partial charge in [0.25, 0.3) is 0 Å². The SMILES string of the molecule is CC(C)c1ccc(C[C@H]2CCC3(C2)CN(C(=O)C2CC(C)(O)C2)C3)cc1. The highest BCUT2D eigenvalue weighted by Gasteiger charge is 2.52. The third-order valence-electron chi connectivity index (χ3n) is 7.06. The minimum absolute atomic E-state index is 0.0685. The number of benzene rings is 1. The van der Waals surface area contributed by atoms with Gasteiger partial charge in [0.15, 0.2) is 0 Å². The average molecular weight is 356 g/mol. The molecule has 1 amide bonds. The topological polar surface area (TPSA) is 40.5 Å². The summed E-state index contributed by atoms with van der Waals surface area (Å²) in [6.45, 7) is 8.22. The van der Waals surface area contributed by atoms with Gasteiger partial charge in [0.1, 0.15) is 0 Å². The Morgan fingerprint density at radius 1 is 1.19 bits per heavy atom. The van der Waals surface area contributed by atoms with Crippen molar-refractivity contribution in [1.82, 2.24) is 4.90 Å². The highest BCUT2D eigenvalue weighted by molar-refractivity contribution is 5.81. The molecule has 3 heteroatoms. The fourth-order valence-electron chi connectivity index (χ4n) is 5.51. The Labute approximate surface area is 157 Å². The number of carbonyl (C=O) groups is 1. The zero-order valence-corrected chi connectivity index (χ0v) is 16.5. The summed E-state index contributed by atoms with van der Waals surface area (Å²) in [6.07, 6.45) is 6.30. The fraction of sp³-hybridized carbons (Fsp3) is 0.696. The van der Waals surface area contributed by atoms with Crippen LogP contribution in [0.5, 0.6) is 0 Å². The Balaban J connectivity index is 1.26. The number of rotatable bonds is 4. The Kier molecular flexibility index (Phi) is 4.42. The molecular formula is C23H33NO2. The first-order valence-corrected chi connectivity index (χ1v) is 10.4. The molecular weight excluding hydrogens is 322 g/mol. The lowest BCUT2D eigenvalue weighted by molar-refractivity contribution is -0.161. The molecule has 1 heterocycles. The normalized spacial score (nSPS) is 32.6. The third kappa shape index (κ3) is 3.43. The molecule has 2 aliphatic carbocycles. The van der Waals surface area contributed by atoms with Crippen LogP contribution in [0, 0.1) is 17.3 Å². The second-order valence-corrected chi connectivity index (χ2v) is 10.0. The van der Waals surface area contributed by atoms with E-state index in [-0.39, 0.29) is 11.8 Å². The fourth-order valence-corrected chi connectivity index (χ4v) is 5.51. The summed E-state index contributed by atoms with van der Waals surface area (Å²) in [7, 11) is 0. The van der Waals surface area contributed by atoms with Crippen molar-refractivity contribution in [3.05, 3.63) is 35.4 Å². The first kappa shape index (κ1) is 18.0. The van der Waals surface area contributed by atoms with Crippen LogP contribution in [0.3, 0.4) is 0 Å². The highest BCUT2D eigenvalue weighted by atomic mass is 16.3. The lowest BCUT2D eigenvalue weighted by Crippen LogP contribution is -2.61. The predicted molar refractivity (Wildman–Crippen MR) is 104 cm³/mol. The number of aliphatic hydroxyl groups is 1. The summed E-state index contributed by atoms with van der Waals surface area (Å²) < 4.78 is 0. The lowest BCUT2D eigenvalue weighted by Gasteiger charge is -2.52. The van der Waals surface area contributed by atoms with Crippen molar-refractivity contribution in [3.8, 4) is 0 Å². The molecule has 0 radical (unpaired) electrons. The van der Waals surface area contributed by atoms with Crippen molar-refractivity contribution in [2.75, 3.05) is 13.1 Å². The molecule has 1 saturated heterocycles. The highest BCUT2D eigenvalue weighted by Crippen LogP contribution is 2.50. The lowest BCUT2D eigenvalue weighted by atomic mass is 9.69. The average Bonchev–Trinajstić information content (AvgIpc) is 2.95. The summed E-state index contributed by atoms with van der Waals surface area (Å²) in [5.74, 6) is 1.71. The maximum absolute atomic E-state index is 12.5. The van der Waals surface area contributed by atoms with E-state index >= 15 is 0 Å². The molecule has 4 rings (SSSR count). The molecule has 1 spiro atoms. The van der Waals surface area contributed by atoms with Crippen LogP contribution < -0.4 is 0 Å². The summed E-state index contributed by atoms with van der Waals surface area (Å²) >= 11 is 0. The second-order valence-electron chi connectivity index (χ2n) is 10.0. The van der Waals surface area contributed by atoms with E-state index in [1.807, 2.05) is 6.92 Å². The molecule has 0 bridgehead atoms. The van der Waals surface area contributed by atoms with E-state index in [0.717, 1.165) is 19.0 Å². The van der Waals surface area contributed by atoms with E-state index in [1.165, 1.54) is 36.8 Å². The van der Waals surface area contributed by atoms with Gasteiger partial charge in [0.2, 0.25) is 5.91 Å². The van der Waals surface area contributed by atoms with Crippen molar-refractivity contribution < 1.29 is 9.90 Å². The zero-order valence-electron chi connectivity index (χ0n) is 16.5. The van der Waals surface area contributed by atoms with Gasteiger partial charge in [-0.25, -0.2) is 0 Å². The zero-order chi connectivity index (χ0) is 18.5. The van der Waals surface area contributed by atoms with Crippen molar-refractivity contribution in [1.29, 1.82) is 0 Å². The number of amides is 1. The number of carbonyl (C=O) groups excluding carboxylic acids is 1. The maximum atomic E-state index is 12.5. The second kappa shape index (κ2) is 6.37. The Bertz CT molecular complexity index is 662. The van der Waals surface area contributed by atoms with Crippen LogP contribution in [0.4, 0.5) is 0 Å². The van der Waals surface area contributed by atoms with Crippen molar-refractivity contribution in [2.45, 2.75) is 70.8 Å². The van der Waals surface area contributed by atoms with Crippen LogP contribution in [-0.2, 0) is 11.2 Å². The molecule has 0 unspecified atom stereocenters. The molecule has 1 atom stereocenters. The van der Waals surface area contributed by atoms with E-state index in [9.17, 15) is 9.90 Å². The largest absolute Gasteiger partial charge is 0.390 e. The van der Waals surface area contributed by atoms with Crippen molar-refractivity contribution >= 4 is 5.91 Å². The Hall–Kier alpha value is -1.35. The molecule has 1 N–H and O–H groups in total. The third-order valence-corrected chi connectivity index (χ3v) is 7.06. The van der Waals surface area contributed by atoms with Gasteiger partial charge in [-0.2, -0.15) is 0 Å². The van der Waals surface area contributed by atoms with Crippen molar-refractivity contribution in [3.63, 3.8) is 0 Å². The van der Waals surface area contributed by atoms with Crippen LogP contribution >= 0.6 is 0 Å². The number of hydrogen-bond acceptors (Lipinski definition) is 2. The van der Waals surface area contributed by atoms with E-state index in [2.05, 4.69) is 43.0 Å². The molecule has 1 aromatic rings. The van der Waals surface area contributed by atoms with Gasteiger partial charge in [0, 0.05) is 24.4 Å². The summed E-state index contributed by atoms with van der Waals surface area (Å²) in [4.78, 5) is 14.6. The van der Waals surface area contributed by atoms with Gasteiger partial charge in [-0.1, -0.05) is 38.1 Å². The molecule has 3 nitrogen and oxygen atoms in total. The maximum Gasteiger partial charge on any atom is 0.225 e. The smallest absolute Gasteiger partial charge is 0.225 e. The molecule has 2 saturated carbocycles. The van der Waals surface area contributed by atoms with E-state index < -0.39 is 5.60 Å². The van der Waals surface area contributed by atoms with Gasteiger partial charge in [-0.3, -0.25) is 4.79 Å². The minimum Gasteiger partial charge on any atom is -0.390 e. The Morgan fingerprint density at radius 2 is 1.85 bits per heavy atom. The van der Waals surface area contributed by atoms with Gasteiger partial charge >= 0.3 is 0 Å². The summed E-state index contributed by atoms with van der Waals surface area (Å²) in [6, 6.07) is 9.17. The molecule has 142 valence electrons. The Morgan fingerprint density at radius 3 is 2.42 bits per heavy atom. The van der Waals surface area contributed by atoms with Crippen molar-refractivity contribution in [2.24, 2.45) is 17.3 Å².